The van der Waals surface area contributed by atoms with Crippen LogP contribution in [0.4, 0.5) is 0 Å². The zero-order valence-corrected chi connectivity index (χ0v) is 10.9. The largest absolute Gasteiger partial charge is 0.477 e. The summed E-state index contributed by atoms with van der Waals surface area (Å²) in [5, 5.41) is 17.8. The van der Waals surface area contributed by atoms with Crippen LogP contribution in [0.5, 0.6) is 0 Å². The second-order valence-corrected chi connectivity index (χ2v) is 5.60. The fourth-order valence-corrected chi connectivity index (χ4v) is 2.81. The predicted molar refractivity (Wildman–Crippen MR) is 63.9 cm³/mol. The lowest BCUT2D eigenvalue weighted by Crippen LogP contribution is -2.36. The fourth-order valence-electron chi connectivity index (χ4n) is 1.43. The Morgan fingerprint density at radius 3 is 2.56 bits per heavy atom. The topological polar surface area (TPSA) is 109 Å². The van der Waals surface area contributed by atoms with Crippen LogP contribution in [-0.2, 0) is 17.1 Å². The molecule has 1 aromatic rings. The molecule has 0 spiro atoms. The number of sulfonamides is 1. The van der Waals surface area contributed by atoms with Crippen molar-refractivity contribution in [3.63, 3.8) is 0 Å². The van der Waals surface area contributed by atoms with Gasteiger partial charge in [0.2, 0.25) is 10.0 Å². The van der Waals surface area contributed by atoms with Gasteiger partial charge >= 0.3 is 5.97 Å². The van der Waals surface area contributed by atoms with E-state index in [-0.39, 0.29) is 17.2 Å². The van der Waals surface area contributed by atoms with Crippen molar-refractivity contribution in [2.24, 2.45) is 7.05 Å². The minimum absolute atomic E-state index is 0.118. The standard InChI is InChI=1S/C10H16N2O5S/c1-3-7(6-13)11-18(16,17)8-4-9(10(14)15)12(2)5-8/h4-5,7,11,13H,3,6H2,1-2H3,(H,14,15). The number of aromatic carboxylic acids is 1. The molecule has 1 aromatic heterocycles. The summed E-state index contributed by atoms with van der Waals surface area (Å²) in [5.41, 5.74) is -0.118. The molecule has 3 N–H and O–H groups in total. The van der Waals surface area contributed by atoms with E-state index in [0.717, 1.165) is 6.07 Å². The molecule has 0 aliphatic rings. The predicted octanol–water partition coefficient (Wildman–Crippen LogP) is -0.227. The first-order valence-corrected chi connectivity index (χ1v) is 6.83. The van der Waals surface area contributed by atoms with Gasteiger partial charge < -0.3 is 14.8 Å². The number of carbonyl (C=O) groups is 1. The van der Waals surface area contributed by atoms with Gasteiger partial charge in [-0.3, -0.25) is 0 Å². The maximum atomic E-state index is 11.9. The molecule has 0 aliphatic heterocycles. The van der Waals surface area contributed by atoms with Gasteiger partial charge in [0.05, 0.1) is 6.61 Å². The number of aryl methyl sites for hydroxylation is 1. The molecule has 18 heavy (non-hydrogen) atoms. The average molecular weight is 276 g/mol. The highest BCUT2D eigenvalue weighted by atomic mass is 32.2. The molecule has 1 rings (SSSR count). The number of aromatic nitrogens is 1. The number of hydrogen-bond donors (Lipinski definition) is 3. The zero-order valence-electron chi connectivity index (χ0n) is 10.1. The lowest BCUT2D eigenvalue weighted by molar-refractivity contribution is 0.0686. The number of aliphatic hydroxyl groups is 1. The molecule has 1 heterocycles. The molecule has 8 heteroatoms. The second kappa shape index (κ2) is 5.51. The van der Waals surface area contributed by atoms with Crippen LogP contribution in [0, 0.1) is 0 Å². The summed E-state index contributed by atoms with van der Waals surface area (Å²) < 4.78 is 27.4. The molecule has 0 aliphatic carbocycles. The Bertz CT molecular complexity index is 530. The molecular formula is C10H16N2O5S. The summed E-state index contributed by atoms with van der Waals surface area (Å²) in [6.07, 6.45) is 1.66. The first kappa shape index (κ1) is 14.7. The Labute approximate surface area is 105 Å². The van der Waals surface area contributed by atoms with Crippen LogP contribution in [0.1, 0.15) is 23.8 Å². The van der Waals surface area contributed by atoms with Crippen molar-refractivity contribution in [1.82, 2.24) is 9.29 Å². The van der Waals surface area contributed by atoms with Crippen molar-refractivity contribution in [3.8, 4) is 0 Å². The summed E-state index contributed by atoms with van der Waals surface area (Å²) >= 11 is 0. The third-order valence-electron chi connectivity index (χ3n) is 2.54. The summed E-state index contributed by atoms with van der Waals surface area (Å²) in [6, 6.07) is 0.498. The molecule has 102 valence electrons. The molecule has 1 unspecified atom stereocenters. The molecule has 0 saturated heterocycles. The minimum Gasteiger partial charge on any atom is -0.477 e. The fraction of sp³-hybridized carbons (Fsp3) is 0.500. The van der Waals surface area contributed by atoms with Crippen LogP contribution in [0.15, 0.2) is 17.2 Å². The third-order valence-corrected chi connectivity index (χ3v) is 4.03. The van der Waals surface area contributed by atoms with Gasteiger partial charge in [0, 0.05) is 19.3 Å². The van der Waals surface area contributed by atoms with Crippen LogP contribution in [0.2, 0.25) is 0 Å². The van der Waals surface area contributed by atoms with Gasteiger partial charge in [0.25, 0.3) is 0 Å². The van der Waals surface area contributed by atoms with E-state index in [0.29, 0.717) is 6.42 Å². The molecule has 0 amide bonds. The molecule has 1 atom stereocenters. The molecule has 0 bridgehead atoms. The van der Waals surface area contributed by atoms with Crippen molar-refractivity contribution in [1.29, 1.82) is 0 Å². The van der Waals surface area contributed by atoms with Crippen molar-refractivity contribution < 1.29 is 23.4 Å². The SMILES string of the molecule is CCC(CO)NS(=O)(=O)c1cc(C(=O)O)n(C)c1. The monoisotopic (exact) mass is 276 g/mol. The third kappa shape index (κ3) is 3.09. The molecule has 0 aromatic carbocycles. The summed E-state index contributed by atoms with van der Waals surface area (Å²) in [7, 11) is -2.36. The van der Waals surface area contributed by atoms with Gasteiger partial charge in [0.1, 0.15) is 10.6 Å². The quantitative estimate of drug-likeness (QED) is 0.665. The summed E-state index contributed by atoms with van der Waals surface area (Å²) in [6.45, 7) is 1.42. The first-order chi connectivity index (χ1) is 8.31. The van der Waals surface area contributed by atoms with E-state index in [1.807, 2.05) is 0 Å². The number of hydrogen-bond acceptors (Lipinski definition) is 4. The molecule has 0 fully saturated rings. The van der Waals surface area contributed by atoms with Crippen LogP contribution in [0.25, 0.3) is 0 Å². The van der Waals surface area contributed by atoms with Crippen molar-refractivity contribution in [2.75, 3.05) is 6.61 Å². The summed E-state index contributed by atoms with van der Waals surface area (Å²) in [5.74, 6) is -1.20. The van der Waals surface area contributed by atoms with E-state index in [4.69, 9.17) is 10.2 Å². The van der Waals surface area contributed by atoms with E-state index in [2.05, 4.69) is 4.72 Å². The Hall–Kier alpha value is -1.38. The molecular weight excluding hydrogens is 260 g/mol. The van der Waals surface area contributed by atoms with E-state index in [9.17, 15) is 13.2 Å². The maximum absolute atomic E-state index is 11.9. The number of carboxylic acids is 1. The minimum atomic E-state index is -3.81. The second-order valence-electron chi connectivity index (χ2n) is 3.89. The average Bonchev–Trinajstić information content (AvgIpc) is 2.69. The van der Waals surface area contributed by atoms with E-state index >= 15 is 0 Å². The molecule has 7 nitrogen and oxygen atoms in total. The molecule has 0 saturated carbocycles. The van der Waals surface area contributed by atoms with Gasteiger partial charge in [-0.05, 0) is 12.5 Å². The van der Waals surface area contributed by atoms with Crippen LogP contribution in [0.3, 0.4) is 0 Å². The Morgan fingerprint density at radius 2 is 2.17 bits per heavy atom. The summed E-state index contributed by atoms with van der Waals surface area (Å²) in [4.78, 5) is 10.7. The highest BCUT2D eigenvalue weighted by Gasteiger charge is 2.22. The normalized spacial score (nSPS) is 13.5. The highest BCUT2D eigenvalue weighted by molar-refractivity contribution is 7.89. The first-order valence-electron chi connectivity index (χ1n) is 5.34. The van der Waals surface area contributed by atoms with Crippen molar-refractivity contribution in [2.45, 2.75) is 24.3 Å². The maximum Gasteiger partial charge on any atom is 0.352 e. The van der Waals surface area contributed by atoms with Gasteiger partial charge in [-0.25, -0.2) is 17.9 Å². The number of nitrogens with one attached hydrogen (secondary N) is 1. The van der Waals surface area contributed by atoms with Crippen molar-refractivity contribution >= 4 is 16.0 Å². The highest BCUT2D eigenvalue weighted by Crippen LogP contribution is 2.14. The zero-order chi connectivity index (χ0) is 13.9. The van der Waals surface area contributed by atoms with Gasteiger partial charge in [-0.15, -0.1) is 0 Å². The van der Waals surface area contributed by atoms with Crippen LogP contribution < -0.4 is 4.72 Å². The van der Waals surface area contributed by atoms with Crippen LogP contribution in [-0.4, -0.2) is 41.8 Å². The van der Waals surface area contributed by atoms with E-state index in [1.54, 1.807) is 6.92 Å². The smallest absolute Gasteiger partial charge is 0.352 e. The number of rotatable bonds is 6. The lowest BCUT2D eigenvalue weighted by atomic mass is 10.3. The lowest BCUT2D eigenvalue weighted by Gasteiger charge is -2.13. The number of carboxylic acid groups (broad SMARTS) is 1. The Morgan fingerprint density at radius 1 is 1.56 bits per heavy atom. The number of aliphatic hydroxyl groups excluding tert-OH is 1. The van der Waals surface area contributed by atoms with E-state index in [1.165, 1.54) is 17.8 Å². The van der Waals surface area contributed by atoms with Gasteiger partial charge in [-0.1, -0.05) is 6.92 Å². The van der Waals surface area contributed by atoms with Crippen molar-refractivity contribution in [3.05, 3.63) is 18.0 Å². The Balaban J connectivity index is 3.06. The Kier molecular flexibility index (Phi) is 4.49. The van der Waals surface area contributed by atoms with Gasteiger partial charge in [-0.2, -0.15) is 0 Å². The molecule has 0 radical (unpaired) electrons. The van der Waals surface area contributed by atoms with Crippen LogP contribution >= 0.6 is 0 Å². The van der Waals surface area contributed by atoms with Gasteiger partial charge in [0.15, 0.2) is 0 Å². The number of nitrogens with zero attached hydrogens (tertiary/aromatic N) is 1. The van der Waals surface area contributed by atoms with E-state index < -0.39 is 22.0 Å².